The topological polar surface area (TPSA) is 25.0 Å². The molecule has 3 rings (SSSR count). The van der Waals surface area contributed by atoms with E-state index in [0.717, 1.165) is 18.8 Å². The zero-order chi connectivity index (χ0) is 7.97. The Labute approximate surface area is 70.2 Å². The first-order valence-corrected chi connectivity index (χ1v) is 4.17. The lowest BCUT2D eigenvalue weighted by Gasteiger charge is -2.13. The van der Waals surface area contributed by atoms with Gasteiger partial charge in [-0.3, -0.25) is 0 Å². The van der Waals surface area contributed by atoms with Gasteiger partial charge in [0.25, 0.3) is 0 Å². The number of benzene rings is 1. The van der Waals surface area contributed by atoms with Gasteiger partial charge >= 0.3 is 0 Å². The first kappa shape index (κ1) is 6.12. The van der Waals surface area contributed by atoms with Gasteiger partial charge in [0.05, 0.1) is 6.61 Å². The molecule has 2 heteroatoms. The van der Waals surface area contributed by atoms with Gasteiger partial charge in [-0.2, -0.15) is 0 Å². The molecule has 0 radical (unpaired) electrons. The zero-order valence-corrected chi connectivity index (χ0v) is 6.63. The van der Waals surface area contributed by atoms with E-state index in [-0.39, 0.29) is 0 Å². The molecule has 60 valence electrons. The first-order chi connectivity index (χ1) is 5.95. The molecule has 0 unspecified atom stereocenters. The number of aromatic nitrogens is 1. The SMILES string of the molecule is c1cc2c3c(c[nH]c3c1)CCO2. The van der Waals surface area contributed by atoms with Crippen LogP contribution in [0.25, 0.3) is 10.9 Å². The van der Waals surface area contributed by atoms with Crippen molar-refractivity contribution < 1.29 is 4.74 Å². The minimum absolute atomic E-state index is 0.809. The molecular formula is C10H9NO. The average molecular weight is 159 g/mol. The molecule has 0 amide bonds. The van der Waals surface area contributed by atoms with Crippen molar-refractivity contribution in [3.8, 4) is 5.75 Å². The Balaban J connectivity index is 2.50. The number of hydrogen-bond donors (Lipinski definition) is 1. The highest BCUT2D eigenvalue weighted by atomic mass is 16.5. The number of hydrogen-bond acceptors (Lipinski definition) is 1. The number of ether oxygens (including phenoxy) is 1. The molecule has 1 aliphatic rings. The Morgan fingerprint density at radius 1 is 1.33 bits per heavy atom. The molecule has 2 heterocycles. The van der Waals surface area contributed by atoms with E-state index in [1.165, 1.54) is 16.5 Å². The molecule has 0 spiro atoms. The maximum absolute atomic E-state index is 5.53. The summed E-state index contributed by atoms with van der Waals surface area (Å²) in [5.41, 5.74) is 2.56. The van der Waals surface area contributed by atoms with Gasteiger partial charge in [-0.15, -0.1) is 0 Å². The third-order valence-corrected chi connectivity index (χ3v) is 2.38. The summed E-state index contributed by atoms with van der Waals surface area (Å²) >= 11 is 0. The van der Waals surface area contributed by atoms with Gasteiger partial charge in [0.2, 0.25) is 0 Å². The zero-order valence-electron chi connectivity index (χ0n) is 6.63. The third kappa shape index (κ3) is 0.644. The highest BCUT2D eigenvalue weighted by molar-refractivity contribution is 5.89. The van der Waals surface area contributed by atoms with E-state index in [1.54, 1.807) is 0 Å². The van der Waals surface area contributed by atoms with E-state index in [4.69, 9.17) is 4.74 Å². The van der Waals surface area contributed by atoms with E-state index in [9.17, 15) is 0 Å². The summed E-state index contributed by atoms with van der Waals surface area (Å²) in [5.74, 6) is 1.02. The molecule has 0 aliphatic carbocycles. The van der Waals surface area contributed by atoms with Crippen LogP contribution in [0.4, 0.5) is 0 Å². The number of aromatic amines is 1. The van der Waals surface area contributed by atoms with Crippen LogP contribution in [-0.4, -0.2) is 11.6 Å². The van der Waals surface area contributed by atoms with Crippen LogP contribution in [0, 0.1) is 0 Å². The summed E-state index contributed by atoms with van der Waals surface area (Å²) in [7, 11) is 0. The molecule has 0 atom stereocenters. The second-order valence-electron chi connectivity index (χ2n) is 3.09. The summed E-state index contributed by atoms with van der Waals surface area (Å²) < 4.78 is 5.53. The average Bonchev–Trinajstić information content (AvgIpc) is 2.52. The van der Waals surface area contributed by atoms with Crippen LogP contribution in [0.3, 0.4) is 0 Å². The molecule has 2 nitrogen and oxygen atoms in total. The Hall–Kier alpha value is -1.44. The fourth-order valence-corrected chi connectivity index (χ4v) is 1.81. The molecule has 1 aliphatic heterocycles. The summed E-state index contributed by atoms with van der Waals surface area (Å²) in [6.45, 7) is 0.809. The molecular weight excluding hydrogens is 150 g/mol. The van der Waals surface area contributed by atoms with E-state index in [1.807, 2.05) is 12.1 Å². The normalized spacial score (nSPS) is 14.7. The summed E-state index contributed by atoms with van der Waals surface area (Å²) in [4.78, 5) is 3.24. The van der Waals surface area contributed by atoms with Crippen molar-refractivity contribution in [3.05, 3.63) is 30.0 Å². The molecule has 1 aromatic carbocycles. The van der Waals surface area contributed by atoms with E-state index < -0.39 is 0 Å². The highest BCUT2D eigenvalue weighted by Crippen LogP contribution is 2.31. The minimum Gasteiger partial charge on any atom is -0.493 e. The maximum atomic E-state index is 5.53. The second-order valence-corrected chi connectivity index (χ2v) is 3.09. The molecule has 0 saturated heterocycles. The van der Waals surface area contributed by atoms with Crippen molar-refractivity contribution in [2.24, 2.45) is 0 Å². The minimum atomic E-state index is 0.809. The van der Waals surface area contributed by atoms with Crippen LogP contribution < -0.4 is 4.74 Å². The van der Waals surface area contributed by atoms with Crippen LogP contribution in [0.2, 0.25) is 0 Å². The number of rotatable bonds is 0. The molecule has 2 aromatic rings. The standard InChI is InChI=1S/C10H9NO/c1-2-8-10-7(6-11-8)4-5-12-9(10)3-1/h1-3,6,11H,4-5H2. The molecule has 12 heavy (non-hydrogen) atoms. The van der Waals surface area contributed by atoms with Crippen molar-refractivity contribution in [1.29, 1.82) is 0 Å². The van der Waals surface area contributed by atoms with Crippen molar-refractivity contribution in [2.45, 2.75) is 6.42 Å². The molecule has 1 N–H and O–H groups in total. The van der Waals surface area contributed by atoms with Gasteiger partial charge in [-0.25, -0.2) is 0 Å². The maximum Gasteiger partial charge on any atom is 0.128 e. The summed E-state index contributed by atoms with van der Waals surface area (Å²) in [6.07, 6.45) is 3.10. The lowest BCUT2D eigenvalue weighted by molar-refractivity contribution is 0.318. The highest BCUT2D eigenvalue weighted by Gasteiger charge is 2.13. The van der Waals surface area contributed by atoms with Gasteiger partial charge in [-0.1, -0.05) is 6.07 Å². The molecule has 0 bridgehead atoms. The van der Waals surface area contributed by atoms with Gasteiger partial charge in [0, 0.05) is 23.5 Å². The smallest absolute Gasteiger partial charge is 0.128 e. The van der Waals surface area contributed by atoms with E-state index in [0.29, 0.717) is 0 Å². The van der Waals surface area contributed by atoms with Crippen molar-refractivity contribution in [2.75, 3.05) is 6.61 Å². The third-order valence-electron chi connectivity index (χ3n) is 2.38. The first-order valence-electron chi connectivity index (χ1n) is 4.17. The molecule has 0 fully saturated rings. The van der Waals surface area contributed by atoms with Gasteiger partial charge in [0.1, 0.15) is 5.75 Å². The van der Waals surface area contributed by atoms with Crippen LogP contribution >= 0.6 is 0 Å². The summed E-state index contributed by atoms with van der Waals surface area (Å²) in [6, 6.07) is 6.12. The van der Waals surface area contributed by atoms with E-state index >= 15 is 0 Å². The van der Waals surface area contributed by atoms with Crippen LogP contribution in [0.15, 0.2) is 24.4 Å². The fourth-order valence-electron chi connectivity index (χ4n) is 1.81. The van der Waals surface area contributed by atoms with Crippen molar-refractivity contribution >= 4 is 10.9 Å². The van der Waals surface area contributed by atoms with Crippen LogP contribution in [-0.2, 0) is 6.42 Å². The Kier molecular flexibility index (Phi) is 1.04. The van der Waals surface area contributed by atoms with Crippen LogP contribution in [0.1, 0.15) is 5.56 Å². The Bertz CT molecular complexity index is 430. The largest absolute Gasteiger partial charge is 0.493 e. The molecule has 1 aromatic heterocycles. The fraction of sp³-hybridized carbons (Fsp3) is 0.200. The Morgan fingerprint density at radius 3 is 3.33 bits per heavy atom. The second kappa shape index (κ2) is 2.03. The van der Waals surface area contributed by atoms with Crippen molar-refractivity contribution in [3.63, 3.8) is 0 Å². The number of H-pyrrole nitrogens is 1. The van der Waals surface area contributed by atoms with Gasteiger partial charge in [-0.05, 0) is 17.7 Å². The predicted octanol–water partition coefficient (Wildman–Crippen LogP) is 2.10. The quantitative estimate of drug-likeness (QED) is 0.625. The summed E-state index contributed by atoms with van der Waals surface area (Å²) in [5, 5.41) is 1.27. The monoisotopic (exact) mass is 159 g/mol. The van der Waals surface area contributed by atoms with Crippen molar-refractivity contribution in [1.82, 2.24) is 4.98 Å². The lowest BCUT2D eigenvalue weighted by atomic mass is 10.1. The lowest BCUT2D eigenvalue weighted by Crippen LogP contribution is -2.05. The number of nitrogens with one attached hydrogen (secondary N) is 1. The predicted molar refractivity (Wildman–Crippen MR) is 47.5 cm³/mol. The van der Waals surface area contributed by atoms with E-state index in [2.05, 4.69) is 17.2 Å². The molecule has 0 saturated carbocycles. The Morgan fingerprint density at radius 2 is 2.33 bits per heavy atom. The van der Waals surface area contributed by atoms with Gasteiger partial charge in [0.15, 0.2) is 0 Å². The van der Waals surface area contributed by atoms with Crippen LogP contribution in [0.5, 0.6) is 5.75 Å². The van der Waals surface area contributed by atoms with Gasteiger partial charge < -0.3 is 9.72 Å².